The van der Waals surface area contributed by atoms with Gasteiger partial charge in [0.15, 0.2) is 5.54 Å². The number of carbonyl (C=O) groups excluding carboxylic acids is 2. The molecule has 2 aromatic rings. The summed E-state index contributed by atoms with van der Waals surface area (Å²) >= 11 is 6.37. The topological polar surface area (TPSA) is 64.6 Å². The highest BCUT2D eigenvalue weighted by atomic mass is 35.5. The average Bonchev–Trinajstić information content (AvgIpc) is 2.60. The lowest BCUT2D eigenvalue weighted by atomic mass is 9.87. The van der Waals surface area contributed by atoms with E-state index in [9.17, 15) is 9.59 Å². The van der Waals surface area contributed by atoms with Crippen LogP contribution in [0.5, 0.6) is 0 Å². The fourth-order valence-corrected chi connectivity index (χ4v) is 3.22. The first-order chi connectivity index (χ1) is 11.4. The van der Waals surface area contributed by atoms with Gasteiger partial charge < -0.3 is 14.8 Å². The fraction of sp³-hybridized carbons (Fsp3) is 0.222. The van der Waals surface area contributed by atoms with Crippen LogP contribution in [-0.4, -0.2) is 31.7 Å². The Labute approximate surface area is 144 Å². The molecule has 0 spiro atoms. The fourth-order valence-electron chi connectivity index (χ4n) is 2.94. The van der Waals surface area contributed by atoms with Crippen molar-refractivity contribution in [1.29, 1.82) is 0 Å². The lowest BCUT2D eigenvalue weighted by Gasteiger charge is -2.33. The number of hydrogen-bond donors (Lipinski definition) is 1. The molecule has 0 saturated heterocycles. The van der Waals surface area contributed by atoms with Crippen molar-refractivity contribution in [2.24, 2.45) is 0 Å². The van der Waals surface area contributed by atoms with Crippen LogP contribution < -0.4 is 5.32 Å². The summed E-state index contributed by atoms with van der Waals surface area (Å²) in [5, 5.41) is 5.33. The van der Waals surface area contributed by atoms with Crippen LogP contribution in [0.25, 0.3) is 16.3 Å². The molecule has 1 N–H and O–H groups in total. The third-order valence-corrected chi connectivity index (χ3v) is 4.43. The molecule has 6 heteroatoms. The van der Waals surface area contributed by atoms with E-state index in [1.807, 2.05) is 24.3 Å². The van der Waals surface area contributed by atoms with Crippen LogP contribution in [0, 0.1) is 0 Å². The van der Waals surface area contributed by atoms with Gasteiger partial charge in [0, 0.05) is 21.4 Å². The summed E-state index contributed by atoms with van der Waals surface area (Å²) in [6.45, 7) is 1.65. The number of halogens is 1. The highest BCUT2D eigenvalue weighted by Gasteiger charge is 2.39. The normalized spacial score (nSPS) is 19.1. The molecule has 0 saturated carbocycles. The van der Waals surface area contributed by atoms with E-state index in [4.69, 9.17) is 21.1 Å². The van der Waals surface area contributed by atoms with Gasteiger partial charge in [0.05, 0.1) is 25.5 Å². The first kappa shape index (κ1) is 16.3. The largest absolute Gasteiger partial charge is 0.467 e. The van der Waals surface area contributed by atoms with Gasteiger partial charge >= 0.3 is 11.9 Å². The number of hydrogen-bond acceptors (Lipinski definition) is 5. The first-order valence-electron chi connectivity index (χ1n) is 7.30. The molecular formula is C18H16ClNO4. The van der Waals surface area contributed by atoms with E-state index in [0.29, 0.717) is 16.3 Å². The maximum atomic E-state index is 12.3. The van der Waals surface area contributed by atoms with Crippen molar-refractivity contribution in [2.75, 3.05) is 19.5 Å². The molecule has 0 aliphatic carbocycles. The minimum atomic E-state index is -1.19. The standard InChI is InChI=1S/C18H16ClNO4/c1-18(17(22)24-3)9-13(16(21)23-2)12-8-14(19)10-6-4-5-7-11(10)15(12)20-18/h4-9,20H,1-3H3. The Balaban J connectivity index is 2.34. The van der Waals surface area contributed by atoms with Crippen molar-refractivity contribution in [2.45, 2.75) is 12.5 Å². The number of esters is 2. The third-order valence-electron chi connectivity index (χ3n) is 4.12. The summed E-state index contributed by atoms with van der Waals surface area (Å²) in [5.74, 6) is -1.05. The van der Waals surface area contributed by atoms with Crippen molar-refractivity contribution in [3.05, 3.63) is 47.0 Å². The van der Waals surface area contributed by atoms with E-state index in [0.717, 1.165) is 10.8 Å². The highest BCUT2D eigenvalue weighted by molar-refractivity contribution is 6.37. The summed E-state index contributed by atoms with van der Waals surface area (Å²) < 4.78 is 9.76. The Morgan fingerprint density at radius 1 is 1.12 bits per heavy atom. The van der Waals surface area contributed by atoms with E-state index in [-0.39, 0.29) is 5.57 Å². The maximum Gasteiger partial charge on any atom is 0.338 e. The number of anilines is 1. The quantitative estimate of drug-likeness (QED) is 0.845. The number of fused-ring (bicyclic) bond motifs is 3. The van der Waals surface area contributed by atoms with Gasteiger partial charge in [0.25, 0.3) is 0 Å². The van der Waals surface area contributed by atoms with Gasteiger partial charge in [-0.1, -0.05) is 35.9 Å². The highest BCUT2D eigenvalue weighted by Crippen LogP contribution is 2.42. The van der Waals surface area contributed by atoms with Crippen LogP contribution in [0.15, 0.2) is 36.4 Å². The van der Waals surface area contributed by atoms with Crippen molar-refractivity contribution in [3.63, 3.8) is 0 Å². The monoisotopic (exact) mass is 345 g/mol. The number of methoxy groups -OCH3 is 2. The molecule has 0 fully saturated rings. The molecule has 124 valence electrons. The van der Waals surface area contributed by atoms with Gasteiger partial charge in [0.1, 0.15) is 0 Å². The lowest BCUT2D eigenvalue weighted by Crippen LogP contribution is -2.45. The molecular weight excluding hydrogens is 330 g/mol. The molecule has 1 unspecified atom stereocenters. The third kappa shape index (κ3) is 2.41. The zero-order valence-corrected chi connectivity index (χ0v) is 14.2. The van der Waals surface area contributed by atoms with Gasteiger partial charge in [-0.25, -0.2) is 9.59 Å². The Morgan fingerprint density at radius 2 is 1.79 bits per heavy atom. The second-order valence-corrected chi connectivity index (χ2v) is 6.10. The predicted molar refractivity (Wildman–Crippen MR) is 93.0 cm³/mol. The maximum absolute atomic E-state index is 12.3. The SMILES string of the molecule is COC(=O)C1=CC(C)(C(=O)OC)Nc2c1cc(Cl)c1ccccc21. The molecule has 5 nitrogen and oxygen atoms in total. The molecule has 1 atom stereocenters. The van der Waals surface area contributed by atoms with Gasteiger partial charge in [-0.2, -0.15) is 0 Å². The van der Waals surface area contributed by atoms with Crippen LogP contribution >= 0.6 is 11.6 Å². The van der Waals surface area contributed by atoms with Gasteiger partial charge in [0.2, 0.25) is 0 Å². The zero-order valence-electron chi connectivity index (χ0n) is 13.5. The summed E-state index contributed by atoms with van der Waals surface area (Å²) in [4.78, 5) is 24.5. The Kier molecular flexibility index (Phi) is 3.97. The minimum absolute atomic E-state index is 0.270. The van der Waals surface area contributed by atoms with Crippen LogP contribution in [0.2, 0.25) is 5.02 Å². The summed E-state index contributed by atoms with van der Waals surface area (Å²) in [7, 11) is 2.60. The second kappa shape index (κ2) is 5.83. The molecule has 0 bridgehead atoms. The smallest absolute Gasteiger partial charge is 0.338 e. The van der Waals surface area contributed by atoms with Crippen LogP contribution in [0.4, 0.5) is 5.69 Å². The van der Waals surface area contributed by atoms with Crippen molar-refractivity contribution in [1.82, 2.24) is 0 Å². The summed E-state index contributed by atoms with van der Waals surface area (Å²) in [6.07, 6.45) is 1.51. The van der Waals surface area contributed by atoms with E-state index in [1.54, 1.807) is 13.0 Å². The first-order valence-corrected chi connectivity index (χ1v) is 7.68. The molecule has 3 rings (SSSR count). The Hall–Kier alpha value is -2.53. The predicted octanol–water partition coefficient (Wildman–Crippen LogP) is 3.41. The molecule has 2 aromatic carbocycles. The summed E-state index contributed by atoms with van der Waals surface area (Å²) in [5.41, 5.74) is 0.312. The molecule has 1 heterocycles. The number of rotatable bonds is 2. The molecule has 1 aliphatic heterocycles. The van der Waals surface area contributed by atoms with Gasteiger partial charge in [-0.15, -0.1) is 0 Å². The van der Waals surface area contributed by atoms with E-state index < -0.39 is 17.5 Å². The van der Waals surface area contributed by atoms with Crippen LogP contribution in [-0.2, 0) is 19.1 Å². The van der Waals surface area contributed by atoms with Crippen molar-refractivity contribution < 1.29 is 19.1 Å². The zero-order chi connectivity index (χ0) is 17.5. The number of carbonyl (C=O) groups is 2. The summed E-state index contributed by atoms with van der Waals surface area (Å²) in [6, 6.07) is 9.20. The van der Waals surface area contributed by atoms with E-state index in [2.05, 4.69) is 5.32 Å². The second-order valence-electron chi connectivity index (χ2n) is 5.70. The van der Waals surface area contributed by atoms with Gasteiger partial charge in [-0.05, 0) is 19.1 Å². The molecule has 0 amide bonds. The molecule has 0 aromatic heterocycles. The average molecular weight is 346 g/mol. The van der Waals surface area contributed by atoms with Crippen molar-refractivity contribution >= 4 is 45.6 Å². The number of nitrogens with one attached hydrogen (secondary N) is 1. The van der Waals surface area contributed by atoms with Crippen LogP contribution in [0.3, 0.4) is 0 Å². The minimum Gasteiger partial charge on any atom is -0.467 e. The number of benzene rings is 2. The van der Waals surface area contributed by atoms with E-state index in [1.165, 1.54) is 20.3 Å². The number of ether oxygens (including phenoxy) is 2. The molecule has 24 heavy (non-hydrogen) atoms. The van der Waals surface area contributed by atoms with Crippen molar-refractivity contribution in [3.8, 4) is 0 Å². The molecule has 0 radical (unpaired) electrons. The lowest BCUT2D eigenvalue weighted by molar-refractivity contribution is -0.143. The Morgan fingerprint density at radius 3 is 2.42 bits per heavy atom. The van der Waals surface area contributed by atoms with Gasteiger partial charge in [-0.3, -0.25) is 0 Å². The molecule has 1 aliphatic rings. The van der Waals surface area contributed by atoms with Crippen LogP contribution in [0.1, 0.15) is 12.5 Å². The Bertz CT molecular complexity index is 890. The van der Waals surface area contributed by atoms with E-state index >= 15 is 0 Å².